The Morgan fingerprint density at radius 2 is 1.57 bits per heavy atom. The van der Waals surface area contributed by atoms with Gasteiger partial charge in [0.25, 0.3) is 0 Å². The van der Waals surface area contributed by atoms with E-state index in [1.54, 1.807) is 60.7 Å². The number of carboxylic acid groups (broad SMARTS) is 1. The maximum absolute atomic E-state index is 14.0. The molecule has 0 amide bonds. The number of carbonyl (C=O) groups excluding carboxylic acids is 2. The van der Waals surface area contributed by atoms with Gasteiger partial charge in [0.15, 0.2) is 5.78 Å². The van der Waals surface area contributed by atoms with Crippen LogP contribution in [0.25, 0.3) is 20.5 Å². The van der Waals surface area contributed by atoms with Gasteiger partial charge in [-0.2, -0.15) is 0 Å². The number of benzene rings is 3. The van der Waals surface area contributed by atoms with E-state index in [0.717, 1.165) is 24.3 Å². The van der Waals surface area contributed by atoms with Crippen LogP contribution >= 0.6 is 11.3 Å². The number of ketones is 1. The predicted molar refractivity (Wildman–Crippen MR) is 167 cm³/mol. The monoisotopic (exact) mass is 655 g/mol. The summed E-state index contributed by atoms with van der Waals surface area (Å²) in [5, 5.41) is 52.4. The molecule has 11 nitrogen and oxygen atoms in total. The number of aliphatic hydroxyl groups is 3. The maximum Gasteiger partial charge on any atom is 1.00 e. The van der Waals surface area contributed by atoms with Crippen molar-refractivity contribution in [1.29, 1.82) is 0 Å². The molecule has 4 aromatic rings. The molecular formula is C34H34LiNO10S. The van der Waals surface area contributed by atoms with E-state index < -0.39 is 36.7 Å². The molecule has 3 heterocycles. The molecule has 5 atom stereocenters. The molecule has 0 aliphatic carbocycles. The van der Waals surface area contributed by atoms with E-state index in [1.807, 2.05) is 0 Å². The number of thiophene rings is 1. The first-order valence-electron chi connectivity index (χ1n) is 15.1. The summed E-state index contributed by atoms with van der Waals surface area (Å²) in [6.07, 6.45) is -5.21. The molecule has 3 aromatic carbocycles. The van der Waals surface area contributed by atoms with E-state index in [4.69, 9.17) is 14.2 Å². The molecule has 242 valence electrons. The molecule has 6 rings (SSSR count). The number of fused-ring (bicyclic) bond motifs is 1. The molecule has 2 saturated heterocycles. The Morgan fingerprint density at radius 1 is 0.894 bits per heavy atom. The number of carboxylic acids is 1. The number of hydrogen-bond donors (Lipinski definition) is 4. The number of hydrogen-bond acceptors (Lipinski definition) is 12. The van der Waals surface area contributed by atoms with Gasteiger partial charge < -0.3 is 44.5 Å². The minimum Gasteiger partial charge on any atom is -0.547 e. The fraction of sp³-hybridized carbons (Fsp3) is 0.353. The molecule has 13 heteroatoms. The summed E-state index contributed by atoms with van der Waals surface area (Å²) >= 11 is 1.34. The van der Waals surface area contributed by atoms with E-state index in [1.165, 1.54) is 36.7 Å². The molecular weight excluding hydrogens is 621 g/mol. The zero-order chi connectivity index (χ0) is 32.4. The topological polar surface area (TPSA) is 169 Å². The van der Waals surface area contributed by atoms with Gasteiger partial charge >= 0.3 is 18.9 Å². The van der Waals surface area contributed by atoms with E-state index in [0.29, 0.717) is 39.3 Å². The fourth-order valence-corrected chi connectivity index (χ4v) is 7.03. The van der Waals surface area contributed by atoms with Crippen LogP contribution < -0.4 is 33.4 Å². The van der Waals surface area contributed by atoms with Crippen LogP contribution in [0.1, 0.15) is 35.2 Å². The Bertz CT molecular complexity index is 1690. The summed E-state index contributed by atoms with van der Waals surface area (Å²) in [4.78, 5) is 28.3. The summed E-state index contributed by atoms with van der Waals surface area (Å²) in [6.45, 7) is 3.63. The van der Waals surface area contributed by atoms with Gasteiger partial charge in [-0.1, -0.05) is 6.42 Å². The van der Waals surface area contributed by atoms with Crippen molar-refractivity contribution in [1.82, 2.24) is 4.90 Å². The molecule has 2 aliphatic rings. The SMILES string of the molecule is O=C(c1ccc(OCCN2CCCCC2)cc1)c1c(-c2ccc(OC3OC(C(=O)[O-])C(O)C(O)C3O)cc2)sc2cc(O)ccc12.[Li+]. The molecule has 2 aliphatic heterocycles. The van der Waals surface area contributed by atoms with Gasteiger partial charge in [0.05, 0.1) is 5.97 Å². The molecule has 5 unspecified atom stereocenters. The number of carbonyl (C=O) groups is 2. The first kappa shape index (κ1) is 34.9. The van der Waals surface area contributed by atoms with Gasteiger partial charge in [-0.3, -0.25) is 9.69 Å². The predicted octanol–water partition coefficient (Wildman–Crippen LogP) is -0.690. The van der Waals surface area contributed by atoms with Crippen molar-refractivity contribution in [2.75, 3.05) is 26.2 Å². The van der Waals surface area contributed by atoms with Gasteiger partial charge in [0, 0.05) is 32.6 Å². The van der Waals surface area contributed by atoms with Crippen molar-refractivity contribution in [3.05, 3.63) is 77.9 Å². The summed E-state index contributed by atoms with van der Waals surface area (Å²) in [5.41, 5.74) is 1.61. The zero-order valence-corrected chi connectivity index (χ0v) is 26.6. The third kappa shape index (κ3) is 7.67. The Hall–Kier alpha value is -3.44. The van der Waals surface area contributed by atoms with Crippen LogP contribution in [0.15, 0.2) is 66.7 Å². The van der Waals surface area contributed by atoms with E-state index in [-0.39, 0.29) is 36.1 Å². The van der Waals surface area contributed by atoms with Crippen LogP contribution in [-0.2, 0) is 9.53 Å². The third-order valence-electron chi connectivity index (χ3n) is 8.31. The summed E-state index contributed by atoms with van der Waals surface area (Å²) in [6, 6.07) is 18.4. The first-order valence-corrected chi connectivity index (χ1v) is 15.9. The van der Waals surface area contributed by atoms with E-state index in [2.05, 4.69) is 4.90 Å². The second-order valence-electron chi connectivity index (χ2n) is 11.4. The normalized spacial score (nSPS) is 23.2. The number of nitrogens with zero attached hydrogens (tertiary/aromatic N) is 1. The van der Waals surface area contributed by atoms with E-state index in [9.17, 15) is 35.1 Å². The minimum absolute atomic E-state index is 0. The van der Waals surface area contributed by atoms with Gasteiger partial charge in [-0.05, 0) is 98.2 Å². The van der Waals surface area contributed by atoms with Crippen LogP contribution in [-0.4, -0.2) is 94.0 Å². The second-order valence-corrected chi connectivity index (χ2v) is 12.5. The number of ether oxygens (including phenoxy) is 3. The van der Waals surface area contributed by atoms with Crippen LogP contribution in [0.3, 0.4) is 0 Å². The quantitative estimate of drug-likeness (QED) is 0.126. The molecule has 1 aromatic heterocycles. The van der Waals surface area contributed by atoms with Gasteiger partial charge in [-0.15, -0.1) is 11.3 Å². The van der Waals surface area contributed by atoms with Crippen molar-refractivity contribution in [3.63, 3.8) is 0 Å². The first-order chi connectivity index (χ1) is 22.2. The number of piperidine rings is 1. The Balaban J connectivity index is 0.00000433. The number of phenolic OH excluding ortho intramolecular Hbond substituents is 1. The average Bonchev–Trinajstić information content (AvgIpc) is 3.44. The third-order valence-corrected chi connectivity index (χ3v) is 9.51. The van der Waals surface area contributed by atoms with E-state index >= 15 is 0 Å². The Morgan fingerprint density at radius 3 is 2.26 bits per heavy atom. The minimum atomic E-state index is -1.90. The Kier molecular flexibility index (Phi) is 11.3. The number of rotatable bonds is 10. The van der Waals surface area contributed by atoms with Crippen molar-refractivity contribution >= 4 is 33.2 Å². The molecule has 4 N–H and O–H groups in total. The second kappa shape index (κ2) is 15.2. The van der Waals surface area contributed by atoms with Crippen LogP contribution in [0.4, 0.5) is 0 Å². The zero-order valence-electron chi connectivity index (χ0n) is 25.8. The van der Waals surface area contributed by atoms with Gasteiger partial charge in [0.2, 0.25) is 6.29 Å². The smallest absolute Gasteiger partial charge is 0.547 e. The largest absolute Gasteiger partial charge is 1.00 e. The van der Waals surface area contributed by atoms with Gasteiger partial charge in [0.1, 0.15) is 48.3 Å². The number of likely N-dealkylation sites (tertiary alicyclic amines) is 1. The number of phenols is 1. The molecule has 0 bridgehead atoms. The van der Waals surface area contributed by atoms with Crippen molar-refractivity contribution in [3.8, 4) is 27.7 Å². The fourth-order valence-electron chi connectivity index (χ4n) is 5.80. The number of aliphatic hydroxyl groups excluding tert-OH is 3. The average molecular weight is 656 g/mol. The maximum atomic E-state index is 14.0. The molecule has 2 fully saturated rings. The standard InChI is InChI=1S/C34H35NO10S.Li/c36-21-8-13-24-25(18-21)46-32(20-6-11-23(12-7-20)44-34-30(40)28(38)29(39)31(45-34)33(41)42)26(24)27(37)19-4-9-22(10-5-19)43-17-16-35-14-2-1-3-15-35;/h4-13,18,28-31,34,36,38-40H,1-3,14-17H2,(H,41,42);/q;+1/p-1. The van der Waals surface area contributed by atoms with Crippen LogP contribution in [0.2, 0.25) is 0 Å². The summed E-state index contributed by atoms with van der Waals surface area (Å²) in [5.74, 6) is -1.03. The summed E-state index contributed by atoms with van der Waals surface area (Å²) in [7, 11) is 0. The van der Waals surface area contributed by atoms with Crippen molar-refractivity contribution in [2.45, 2.75) is 50.0 Å². The molecule has 0 spiro atoms. The van der Waals surface area contributed by atoms with Crippen LogP contribution in [0.5, 0.6) is 17.2 Å². The number of aliphatic carboxylic acids is 1. The Labute approximate surface area is 287 Å². The summed E-state index contributed by atoms with van der Waals surface area (Å²) < 4.78 is 17.4. The number of aromatic hydroxyl groups is 1. The van der Waals surface area contributed by atoms with Crippen LogP contribution in [0, 0.1) is 0 Å². The molecule has 0 saturated carbocycles. The van der Waals surface area contributed by atoms with Crippen molar-refractivity contribution in [2.24, 2.45) is 0 Å². The molecule has 0 radical (unpaired) electrons. The molecule has 47 heavy (non-hydrogen) atoms. The van der Waals surface area contributed by atoms with Crippen molar-refractivity contribution < 1.29 is 68.2 Å². The van der Waals surface area contributed by atoms with Gasteiger partial charge in [-0.25, -0.2) is 0 Å².